The Hall–Kier alpha value is -3.47. The van der Waals surface area contributed by atoms with Gasteiger partial charge in [0, 0.05) is 17.3 Å². The predicted molar refractivity (Wildman–Crippen MR) is 198 cm³/mol. The monoisotopic (exact) mass is 747 g/mol. The molecule has 0 unspecified atom stereocenters. The number of carboxylic acid groups (broad SMARTS) is 1. The molecule has 10 nitrogen and oxygen atoms in total. The van der Waals surface area contributed by atoms with Crippen molar-refractivity contribution in [2.45, 2.75) is 139 Å². The van der Waals surface area contributed by atoms with E-state index in [0.29, 0.717) is 24.0 Å². The molecular weight excluding hydrogens is 689 g/mol. The number of carboxylic acids is 1. The van der Waals surface area contributed by atoms with Crippen LogP contribution in [0.15, 0.2) is 33.9 Å². The smallest absolute Gasteiger partial charge is 0.309 e. The fourth-order valence-corrected chi connectivity index (χ4v) is 13.0. The van der Waals surface area contributed by atoms with E-state index >= 15 is 0 Å². The summed E-state index contributed by atoms with van der Waals surface area (Å²) in [5, 5.41) is 30.3. The first kappa shape index (κ1) is 38.8. The highest BCUT2D eigenvalue weighted by Gasteiger charge is 2.71. The first-order chi connectivity index (χ1) is 25.1. The minimum atomic E-state index is -1.19. The number of carbonyl (C=O) groups excluding carboxylic acids is 2. The predicted octanol–water partition coefficient (Wildman–Crippen LogP) is 8.70. The van der Waals surface area contributed by atoms with Crippen LogP contribution in [0.2, 0.25) is 0 Å². The van der Waals surface area contributed by atoms with Crippen LogP contribution in [0.4, 0.5) is 4.39 Å². The highest BCUT2D eigenvalue weighted by Crippen LogP contribution is 2.77. The van der Waals surface area contributed by atoms with Gasteiger partial charge in [-0.3, -0.25) is 14.4 Å². The summed E-state index contributed by atoms with van der Waals surface area (Å²) in [4.78, 5) is 43.0. The van der Waals surface area contributed by atoms with E-state index in [1.54, 1.807) is 13.8 Å². The average molecular weight is 748 g/mol. The van der Waals surface area contributed by atoms with Crippen molar-refractivity contribution in [3.8, 4) is 11.6 Å². The molecule has 9 atom stereocenters. The second kappa shape index (κ2) is 12.8. The summed E-state index contributed by atoms with van der Waals surface area (Å²) in [6.07, 6.45) is 6.66. The molecule has 2 N–H and O–H groups in total. The number of aliphatic hydroxyl groups is 1. The van der Waals surface area contributed by atoms with Crippen molar-refractivity contribution in [2.75, 3.05) is 0 Å². The summed E-state index contributed by atoms with van der Waals surface area (Å²) in [6.45, 7) is 19.2. The van der Waals surface area contributed by atoms with Gasteiger partial charge >= 0.3 is 11.9 Å². The molecule has 7 rings (SSSR count). The number of aliphatic hydroxyl groups excluding tert-OH is 1. The fourth-order valence-electron chi connectivity index (χ4n) is 13.0. The molecule has 2 aromatic rings. The van der Waals surface area contributed by atoms with Gasteiger partial charge in [-0.1, -0.05) is 48.5 Å². The first-order valence-corrected chi connectivity index (χ1v) is 20.0. The standard InChI is InChI=1S/C43H58FN3O7/c1-23(2)32-27(48)20-43(34(50)36-47-46-35(54-36)26-12-10-24(44)22-45-26)19-18-41(8)25(33(32)43)11-13-29-40(7)16-15-30(53-31(49)21-38(3,4)37(51)52)39(5,6)28(40)14-17-42(29,41)9/h10,12,22-23,25,28-30,34,50H,11,13-21H2,1-9H3,(H,51,52)/t25-,28+,29-,30+,34+,40+,41-,42-,43-/m1/s1. The molecule has 0 bridgehead atoms. The molecule has 11 heteroatoms. The van der Waals surface area contributed by atoms with Crippen LogP contribution in [-0.2, 0) is 19.1 Å². The van der Waals surface area contributed by atoms with Crippen LogP contribution in [-0.4, -0.2) is 49.2 Å². The van der Waals surface area contributed by atoms with Gasteiger partial charge in [-0.2, -0.15) is 0 Å². The number of esters is 1. The summed E-state index contributed by atoms with van der Waals surface area (Å²) >= 11 is 0. The number of aromatic nitrogens is 3. The maximum absolute atomic E-state index is 14.1. The Kier molecular flexibility index (Phi) is 9.18. The first-order valence-electron chi connectivity index (χ1n) is 20.0. The number of hydrogen-bond donors (Lipinski definition) is 2. The molecule has 0 aromatic carbocycles. The third-order valence-electron chi connectivity index (χ3n) is 16.0. The number of aliphatic carboxylic acids is 1. The molecule has 5 aliphatic carbocycles. The van der Waals surface area contributed by atoms with Crippen LogP contribution < -0.4 is 0 Å². The van der Waals surface area contributed by atoms with Gasteiger partial charge in [-0.05, 0) is 128 Å². The molecule has 0 spiro atoms. The molecule has 0 saturated heterocycles. The Morgan fingerprint density at radius 1 is 0.981 bits per heavy atom. The molecule has 0 amide bonds. The molecule has 2 heterocycles. The number of hydrogen-bond acceptors (Lipinski definition) is 9. The minimum absolute atomic E-state index is 0.00290. The quantitative estimate of drug-likeness (QED) is 0.251. The van der Waals surface area contributed by atoms with Crippen LogP contribution in [0.1, 0.15) is 139 Å². The van der Waals surface area contributed by atoms with Gasteiger partial charge in [0.15, 0.2) is 5.78 Å². The van der Waals surface area contributed by atoms with Crippen molar-refractivity contribution in [3.05, 3.63) is 41.2 Å². The zero-order chi connectivity index (χ0) is 39.4. The van der Waals surface area contributed by atoms with Gasteiger partial charge in [0.05, 0.1) is 18.0 Å². The number of rotatable bonds is 8. The molecular formula is C43H58FN3O7. The largest absolute Gasteiger partial charge is 0.481 e. The van der Waals surface area contributed by atoms with Crippen LogP contribution >= 0.6 is 0 Å². The maximum atomic E-state index is 14.1. The van der Waals surface area contributed by atoms with E-state index < -0.39 is 34.7 Å². The minimum Gasteiger partial charge on any atom is -0.481 e. The number of ether oxygens (including phenoxy) is 1. The number of nitrogens with zero attached hydrogens (tertiary/aromatic N) is 3. The average Bonchev–Trinajstić information content (AvgIpc) is 3.69. The zero-order valence-corrected chi connectivity index (χ0v) is 33.4. The molecule has 54 heavy (non-hydrogen) atoms. The van der Waals surface area contributed by atoms with Crippen molar-refractivity contribution in [1.82, 2.24) is 15.2 Å². The maximum Gasteiger partial charge on any atom is 0.309 e. The Balaban J connectivity index is 1.19. The number of fused-ring (bicyclic) bond motifs is 7. The number of allylic oxidation sites excluding steroid dienone is 1. The summed E-state index contributed by atoms with van der Waals surface area (Å²) in [6, 6.07) is 2.73. The lowest BCUT2D eigenvalue weighted by Gasteiger charge is -2.72. The van der Waals surface area contributed by atoms with E-state index in [2.05, 4.69) is 63.6 Å². The van der Waals surface area contributed by atoms with Gasteiger partial charge in [-0.15, -0.1) is 10.2 Å². The van der Waals surface area contributed by atoms with E-state index in [1.165, 1.54) is 12.1 Å². The van der Waals surface area contributed by atoms with Crippen LogP contribution in [0.5, 0.6) is 0 Å². The third-order valence-corrected chi connectivity index (χ3v) is 16.0. The van der Waals surface area contributed by atoms with E-state index in [1.807, 2.05) is 0 Å². The lowest BCUT2D eigenvalue weighted by molar-refractivity contribution is -0.235. The zero-order valence-electron chi connectivity index (χ0n) is 33.4. The molecule has 4 fully saturated rings. The summed E-state index contributed by atoms with van der Waals surface area (Å²) in [7, 11) is 0. The molecule has 294 valence electrons. The SMILES string of the molecule is CC(C)C1=C2[C@H]3CC[C@@H]4[C@@]5(C)CC[C@H](OC(=O)CC(C)(C)C(=O)O)C(C)(C)[C@@H]5CC[C@@]4(C)[C@]3(C)CC[C@@]2([C@@H](O)c2nnc(-c3ccc(F)cn3)o2)CC1=O. The van der Waals surface area contributed by atoms with Crippen molar-refractivity contribution in [2.24, 2.45) is 56.2 Å². The van der Waals surface area contributed by atoms with Crippen molar-refractivity contribution < 1.29 is 38.1 Å². The van der Waals surface area contributed by atoms with E-state index in [0.717, 1.165) is 62.3 Å². The van der Waals surface area contributed by atoms with Gasteiger partial charge in [0.1, 0.15) is 23.7 Å². The number of halogens is 1. The lowest BCUT2D eigenvalue weighted by atomic mass is 9.33. The molecule has 4 saturated carbocycles. The summed E-state index contributed by atoms with van der Waals surface area (Å²) in [5.41, 5.74) is -0.275. The lowest BCUT2D eigenvalue weighted by Crippen LogP contribution is -2.66. The van der Waals surface area contributed by atoms with Crippen LogP contribution in [0.25, 0.3) is 11.6 Å². The second-order valence-corrected chi connectivity index (χ2v) is 19.8. The molecule has 5 aliphatic rings. The van der Waals surface area contributed by atoms with Crippen molar-refractivity contribution in [1.29, 1.82) is 0 Å². The normalized spacial score (nSPS) is 36.6. The topological polar surface area (TPSA) is 153 Å². The molecule has 2 aromatic heterocycles. The summed E-state index contributed by atoms with van der Waals surface area (Å²) < 4.78 is 25.8. The van der Waals surface area contributed by atoms with E-state index in [-0.39, 0.29) is 70.0 Å². The van der Waals surface area contributed by atoms with E-state index in [9.17, 15) is 29.0 Å². The van der Waals surface area contributed by atoms with Gasteiger partial charge in [0.25, 0.3) is 5.89 Å². The summed E-state index contributed by atoms with van der Waals surface area (Å²) in [5.74, 6) is -0.907. The Bertz CT molecular complexity index is 1880. The van der Waals surface area contributed by atoms with Crippen LogP contribution in [0, 0.1) is 62.0 Å². The number of carbonyl (C=O) groups is 3. The van der Waals surface area contributed by atoms with Crippen molar-refractivity contribution >= 4 is 17.7 Å². The van der Waals surface area contributed by atoms with Crippen molar-refractivity contribution in [3.63, 3.8) is 0 Å². The number of ketones is 1. The number of pyridine rings is 1. The van der Waals surface area contributed by atoms with Crippen LogP contribution in [0.3, 0.4) is 0 Å². The Labute approximate surface area is 318 Å². The van der Waals surface area contributed by atoms with Gasteiger partial charge in [-0.25, -0.2) is 9.37 Å². The Morgan fingerprint density at radius 3 is 2.35 bits per heavy atom. The molecule has 0 radical (unpaired) electrons. The third kappa shape index (κ3) is 5.55. The highest BCUT2D eigenvalue weighted by atomic mass is 19.1. The Morgan fingerprint density at radius 2 is 1.70 bits per heavy atom. The van der Waals surface area contributed by atoms with Gasteiger partial charge < -0.3 is 19.4 Å². The fraction of sp³-hybridized carbons (Fsp3) is 0.721. The molecule has 0 aliphatic heterocycles. The second-order valence-electron chi connectivity index (χ2n) is 19.8. The highest BCUT2D eigenvalue weighted by molar-refractivity contribution is 6.00. The van der Waals surface area contributed by atoms with E-state index in [4.69, 9.17) is 9.15 Å². The van der Waals surface area contributed by atoms with Gasteiger partial charge in [0.2, 0.25) is 5.89 Å². The number of Topliss-reactive ketones (excluding diaryl/α,β-unsaturated/α-hetero) is 1.